The van der Waals surface area contributed by atoms with Gasteiger partial charge in [-0.1, -0.05) is 25.2 Å². The van der Waals surface area contributed by atoms with E-state index in [1.807, 2.05) is 6.92 Å². The molecular weight excluding hydrogens is 276 g/mol. The van der Waals surface area contributed by atoms with Gasteiger partial charge in [-0.3, -0.25) is 0 Å². The molecule has 3 atom stereocenters. The van der Waals surface area contributed by atoms with Crippen LogP contribution in [0.25, 0.3) is 0 Å². The summed E-state index contributed by atoms with van der Waals surface area (Å²) in [5, 5.41) is 10.2. The van der Waals surface area contributed by atoms with E-state index in [1.165, 1.54) is 11.3 Å². The van der Waals surface area contributed by atoms with Gasteiger partial charge < -0.3 is 14.7 Å². The summed E-state index contributed by atoms with van der Waals surface area (Å²) in [5.74, 6) is -0.677. The van der Waals surface area contributed by atoms with Gasteiger partial charge in [0.15, 0.2) is 5.13 Å². The highest BCUT2D eigenvalue weighted by atomic mass is 32.1. The average molecular weight is 296 g/mol. The maximum atomic E-state index is 11.4. The van der Waals surface area contributed by atoms with Crippen LogP contribution in [0.1, 0.15) is 54.4 Å². The number of hydrogen-bond acceptors (Lipinski definition) is 5. The molecular formula is C14H20N2O3S. The van der Waals surface area contributed by atoms with Gasteiger partial charge in [-0.05, 0) is 25.2 Å². The standard InChI is InChI=1S/C14H20N2O3S/c1-3-8(2)11-12(13(17)18)20-14(15-11)16-6-9-4-5-10(7-16)19-9/h8-10H,3-7H2,1-2H3,(H,17,18). The molecule has 2 saturated heterocycles. The topological polar surface area (TPSA) is 62.7 Å². The molecule has 0 amide bonds. The molecule has 0 spiro atoms. The normalized spacial score (nSPS) is 26.8. The lowest BCUT2D eigenvalue weighted by Crippen LogP contribution is -2.42. The number of thiazole rings is 1. The van der Waals surface area contributed by atoms with E-state index in [9.17, 15) is 9.90 Å². The van der Waals surface area contributed by atoms with Gasteiger partial charge in [0.1, 0.15) is 4.88 Å². The van der Waals surface area contributed by atoms with Crippen LogP contribution in [0.3, 0.4) is 0 Å². The van der Waals surface area contributed by atoms with Crippen molar-refractivity contribution in [2.45, 2.75) is 51.2 Å². The zero-order chi connectivity index (χ0) is 14.3. The summed E-state index contributed by atoms with van der Waals surface area (Å²) >= 11 is 1.31. The van der Waals surface area contributed by atoms with E-state index in [2.05, 4.69) is 16.8 Å². The summed E-state index contributed by atoms with van der Waals surface area (Å²) in [6, 6.07) is 0. The van der Waals surface area contributed by atoms with Crippen molar-refractivity contribution in [1.29, 1.82) is 0 Å². The maximum Gasteiger partial charge on any atom is 0.347 e. The Bertz CT molecular complexity index is 505. The number of carbonyl (C=O) groups is 1. The minimum absolute atomic E-state index is 0.184. The Balaban J connectivity index is 1.88. The number of fused-ring (bicyclic) bond motifs is 2. The number of carboxylic acids is 1. The van der Waals surface area contributed by atoms with Gasteiger partial charge in [-0.25, -0.2) is 9.78 Å². The number of carboxylic acid groups (broad SMARTS) is 1. The molecule has 0 radical (unpaired) electrons. The molecule has 2 bridgehead atoms. The molecule has 0 aromatic carbocycles. The van der Waals surface area contributed by atoms with Crippen LogP contribution in [0.2, 0.25) is 0 Å². The van der Waals surface area contributed by atoms with E-state index in [1.54, 1.807) is 0 Å². The van der Waals surface area contributed by atoms with E-state index in [-0.39, 0.29) is 18.1 Å². The van der Waals surface area contributed by atoms with Crippen molar-refractivity contribution in [2.75, 3.05) is 18.0 Å². The fourth-order valence-electron chi connectivity index (χ4n) is 2.91. The van der Waals surface area contributed by atoms with Gasteiger partial charge in [0, 0.05) is 13.1 Å². The first kappa shape index (κ1) is 13.8. The second-order valence-corrected chi connectivity index (χ2v) is 6.67. The monoisotopic (exact) mass is 296 g/mol. The number of ether oxygens (including phenoxy) is 1. The second-order valence-electron chi connectivity index (χ2n) is 5.69. The SMILES string of the molecule is CCC(C)c1nc(N2CC3CCC(C2)O3)sc1C(=O)O. The molecule has 6 heteroatoms. The van der Waals surface area contributed by atoms with Crippen molar-refractivity contribution in [1.82, 2.24) is 4.98 Å². The van der Waals surface area contributed by atoms with E-state index >= 15 is 0 Å². The van der Waals surface area contributed by atoms with Crippen LogP contribution < -0.4 is 4.90 Å². The largest absolute Gasteiger partial charge is 0.477 e. The van der Waals surface area contributed by atoms with Crippen molar-refractivity contribution in [3.05, 3.63) is 10.6 Å². The molecule has 2 aliphatic heterocycles. The van der Waals surface area contributed by atoms with E-state index < -0.39 is 5.97 Å². The molecule has 0 aliphatic carbocycles. The molecule has 110 valence electrons. The predicted molar refractivity (Wildman–Crippen MR) is 77.9 cm³/mol. The molecule has 1 N–H and O–H groups in total. The zero-order valence-electron chi connectivity index (χ0n) is 11.8. The van der Waals surface area contributed by atoms with Crippen LogP contribution in [0, 0.1) is 0 Å². The molecule has 5 nitrogen and oxygen atoms in total. The van der Waals surface area contributed by atoms with Crippen molar-refractivity contribution >= 4 is 22.4 Å². The number of anilines is 1. The molecule has 2 aliphatic rings. The van der Waals surface area contributed by atoms with E-state index in [0.29, 0.717) is 4.88 Å². The van der Waals surface area contributed by atoms with Gasteiger partial charge in [-0.15, -0.1) is 0 Å². The third kappa shape index (κ3) is 2.42. The Morgan fingerprint density at radius 2 is 2.15 bits per heavy atom. The van der Waals surface area contributed by atoms with Crippen LogP contribution in [0.4, 0.5) is 5.13 Å². The first-order chi connectivity index (χ1) is 9.58. The summed E-state index contributed by atoms with van der Waals surface area (Å²) in [7, 11) is 0. The third-order valence-electron chi connectivity index (χ3n) is 4.23. The molecule has 1 aromatic heterocycles. The minimum Gasteiger partial charge on any atom is -0.477 e. The van der Waals surface area contributed by atoms with Crippen molar-refractivity contribution in [3.8, 4) is 0 Å². The quantitative estimate of drug-likeness (QED) is 0.925. The summed E-state index contributed by atoms with van der Waals surface area (Å²) in [4.78, 5) is 18.6. The molecule has 3 unspecified atom stereocenters. The average Bonchev–Trinajstić information content (AvgIpc) is 3.02. The highest BCUT2D eigenvalue weighted by molar-refractivity contribution is 7.17. The third-order valence-corrected chi connectivity index (χ3v) is 5.35. The van der Waals surface area contributed by atoms with Gasteiger partial charge >= 0.3 is 5.97 Å². The van der Waals surface area contributed by atoms with Crippen molar-refractivity contribution in [2.24, 2.45) is 0 Å². The van der Waals surface area contributed by atoms with Crippen LogP contribution in [0.15, 0.2) is 0 Å². The van der Waals surface area contributed by atoms with Crippen LogP contribution in [-0.2, 0) is 4.74 Å². The summed E-state index contributed by atoms with van der Waals surface area (Å²) < 4.78 is 5.82. The number of aromatic nitrogens is 1. The van der Waals surface area contributed by atoms with Crippen LogP contribution in [-0.4, -0.2) is 41.4 Å². The fourth-order valence-corrected chi connectivity index (χ4v) is 3.95. The summed E-state index contributed by atoms with van der Waals surface area (Å²) in [6.45, 7) is 5.77. The minimum atomic E-state index is -0.861. The number of hydrogen-bond donors (Lipinski definition) is 1. The van der Waals surface area contributed by atoms with Gasteiger partial charge in [0.05, 0.1) is 17.9 Å². The highest BCUT2D eigenvalue weighted by Crippen LogP contribution is 2.35. The van der Waals surface area contributed by atoms with Gasteiger partial charge in [0.25, 0.3) is 0 Å². The molecule has 0 saturated carbocycles. The second kappa shape index (κ2) is 5.33. The van der Waals surface area contributed by atoms with E-state index in [4.69, 9.17) is 4.74 Å². The molecule has 20 heavy (non-hydrogen) atoms. The first-order valence-electron chi connectivity index (χ1n) is 7.23. The fraction of sp³-hybridized carbons (Fsp3) is 0.714. The smallest absolute Gasteiger partial charge is 0.347 e. The van der Waals surface area contributed by atoms with E-state index in [0.717, 1.165) is 43.2 Å². The Hall–Kier alpha value is -1.14. The van der Waals surface area contributed by atoms with Crippen molar-refractivity contribution in [3.63, 3.8) is 0 Å². The first-order valence-corrected chi connectivity index (χ1v) is 8.04. The number of morpholine rings is 1. The van der Waals surface area contributed by atoms with Crippen LogP contribution >= 0.6 is 11.3 Å². The molecule has 1 aromatic rings. The molecule has 3 heterocycles. The Labute approximate surface area is 122 Å². The lowest BCUT2D eigenvalue weighted by atomic mass is 10.0. The number of nitrogens with zero attached hydrogens (tertiary/aromatic N) is 2. The molecule has 3 rings (SSSR count). The van der Waals surface area contributed by atoms with Gasteiger partial charge in [0.2, 0.25) is 0 Å². The summed E-state index contributed by atoms with van der Waals surface area (Å²) in [5.41, 5.74) is 0.735. The predicted octanol–water partition coefficient (Wildman–Crippen LogP) is 2.72. The summed E-state index contributed by atoms with van der Waals surface area (Å²) in [6.07, 6.45) is 3.70. The number of rotatable bonds is 4. The molecule has 2 fully saturated rings. The van der Waals surface area contributed by atoms with Crippen molar-refractivity contribution < 1.29 is 14.6 Å². The maximum absolute atomic E-state index is 11.4. The van der Waals surface area contributed by atoms with Gasteiger partial charge in [-0.2, -0.15) is 0 Å². The highest BCUT2D eigenvalue weighted by Gasteiger charge is 2.35. The lowest BCUT2D eigenvalue weighted by Gasteiger charge is -2.31. The van der Waals surface area contributed by atoms with Crippen LogP contribution in [0.5, 0.6) is 0 Å². The lowest BCUT2D eigenvalue weighted by molar-refractivity contribution is 0.0304. The Morgan fingerprint density at radius 1 is 1.50 bits per heavy atom. The number of aromatic carboxylic acids is 1. The zero-order valence-corrected chi connectivity index (χ0v) is 12.7. The Kier molecular flexibility index (Phi) is 3.69. The Morgan fingerprint density at radius 3 is 2.70 bits per heavy atom.